The third kappa shape index (κ3) is 8.28. The molecule has 1 rings (SSSR count). The van der Waals surface area contributed by atoms with Crippen molar-refractivity contribution in [3.8, 4) is 0 Å². The lowest BCUT2D eigenvalue weighted by Gasteiger charge is -2.07. The number of thiophene rings is 1. The van der Waals surface area contributed by atoms with E-state index < -0.39 is 6.10 Å². The number of nitrogens with zero attached hydrogens (tertiary/aromatic N) is 1. The van der Waals surface area contributed by atoms with Crippen LogP contribution in [0.15, 0.2) is 17.1 Å². The van der Waals surface area contributed by atoms with Gasteiger partial charge in [-0.2, -0.15) is 0 Å². The van der Waals surface area contributed by atoms with Crippen LogP contribution in [0.3, 0.4) is 0 Å². The lowest BCUT2D eigenvalue weighted by atomic mass is 10.2. The van der Waals surface area contributed by atoms with Gasteiger partial charge in [0.15, 0.2) is 5.96 Å². The molecular weight excluding hydrogens is 409 g/mol. The molecule has 0 aromatic carbocycles. The Balaban J connectivity index is 0.00000361. The number of halogens is 2. The summed E-state index contributed by atoms with van der Waals surface area (Å²) in [6.07, 6.45) is 4.12. The first kappa shape index (κ1) is 19.9. The number of guanidine groups is 1. The largest absolute Gasteiger partial charge is 0.386 e. The number of rotatable bonds is 8. The second-order valence-electron chi connectivity index (χ2n) is 4.37. The second kappa shape index (κ2) is 11.6. The minimum atomic E-state index is -0.641. The predicted molar refractivity (Wildman–Crippen MR) is 98.3 cm³/mol. The second-order valence-corrected chi connectivity index (χ2v) is 6.12. The number of aliphatic hydroxyl groups excluding tert-OH is 1. The normalized spacial score (nSPS) is 12.8. The first-order valence-corrected chi connectivity index (χ1v) is 7.80. The third-order valence-electron chi connectivity index (χ3n) is 2.69. The summed E-state index contributed by atoms with van der Waals surface area (Å²) >= 11 is 7.17. The maximum absolute atomic E-state index is 9.89. The van der Waals surface area contributed by atoms with E-state index in [1.165, 1.54) is 30.6 Å². The molecule has 0 radical (unpaired) electrons. The lowest BCUT2D eigenvalue weighted by molar-refractivity contribution is 0.191. The zero-order valence-electron chi connectivity index (χ0n) is 11.6. The van der Waals surface area contributed by atoms with E-state index in [4.69, 9.17) is 17.3 Å². The van der Waals surface area contributed by atoms with E-state index in [-0.39, 0.29) is 30.5 Å². The fraction of sp³-hybridized carbons (Fsp3) is 0.615. The molecule has 0 spiro atoms. The first-order valence-electron chi connectivity index (χ1n) is 6.60. The summed E-state index contributed by atoms with van der Waals surface area (Å²) in [5.74, 6) is 0.387. The Hall–Kier alpha value is -0.0500. The fourth-order valence-electron chi connectivity index (χ4n) is 1.61. The Morgan fingerprint density at radius 2 is 2.20 bits per heavy atom. The molecule has 0 aliphatic carbocycles. The van der Waals surface area contributed by atoms with Gasteiger partial charge in [-0.3, -0.25) is 4.99 Å². The molecule has 1 unspecified atom stereocenters. The summed E-state index contributed by atoms with van der Waals surface area (Å²) in [6, 6.07) is 3.57. The van der Waals surface area contributed by atoms with Gasteiger partial charge < -0.3 is 16.2 Å². The number of unbranched alkanes of at least 4 members (excludes halogenated alkanes) is 3. The number of hydrogen-bond acceptors (Lipinski definition) is 3. The summed E-state index contributed by atoms with van der Waals surface area (Å²) < 4.78 is 0.667. The summed E-state index contributed by atoms with van der Waals surface area (Å²) in [6.45, 7) is 3.27. The molecular formula is C13H23ClIN3OS. The molecule has 1 atom stereocenters. The summed E-state index contributed by atoms with van der Waals surface area (Å²) in [5, 5.41) is 12.9. The van der Waals surface area contributed by atoms with Gasteiger partial charge in [0.1, 0.15) is 6.10 Å². The number of nitrogens with one attached hydrogen (secondary N) is 1. The van der Waals surface area contributed by atoms with E-state index in [9.17, 15) is 5.11 Å². The monoisotopic (exact) mass is 431 g/mol. The molecule has 0 fully saturated rings. The van der Waals surface area contributed by atoms with Gasteiger partial charge in [-0.05, 0) is 18.6 Å². The van der Waals surface area contributed by atoms with Gasteiger partial charge in [-0.1, -0.05) is 37.8 Å². The van der Waals surface area contributed by atoms with Crippen molar-refractivity contribution in [2.45, 2.75) is 38.7 Å². The van der Waals surface area contributed by atoms with E-state index in [0.717, 1.165) is 17.8 Å². The summed E-state index contributed by atoms with van der Waals surface area (Å²) in [4.78, 5) is 4.93. The van der Waals surface area contributed by atoms with E-state index in [0.29, 0.717) is 10.3 Å². The highest BCUT2D eigenvalue weighted by Gasteiger charge is 2.09. The summed E-state index contributed by atoms with van der Waals surface area (Å²) in [7, 11) is 0. The van der Waals surface area contributed by atoms with E-state index >= 15 is 0 Å². The van der Waals surface area contributed by atoms with Crippen LogP contribution in [-0.4, -0.2) is 24.2 Å². The maximum Gasteiger partial charge on any atom is 0.188 e. The molecule has 1 aromatic heterocycles. The molecule has 20 heavy (non-hydrogen) atoms. The van der Waals surface area contributed by atoms with Crippen LogP contribution in [0.4, 0.5) is 0 Å². The Bertz CT molecular complexity index is 401. The van der Waals surface area contributed by atoms with Gasteiger partial charge in [0.05, 0.1) is 10.9 Å². The molecule has 0 saturated carbocycles. The highest BCUT2D eigenvalue weighted by Crippen LogP contribution is 2.26. The van der Waals surface area contributed by atoms with E-state index in [1.54, 1.807) is 6.07 Å². The highest BCUT2D eigenvalue weighted by atomic mass is 127. The number of hydrogen-bond donors (Lipinski definition) is 3. The number of aliphatic hydroxyl groups is 1. The molecule has 0 amide bonds. The molecule has 116 valence electrons. The molecule has 1 heterocycles. The topological polar surface area (TPSA) is 70.6 Å². The van der Waals surface area contributed by atoms with Gasteiger partial charge in [-0.15, -0.1) is 35.3 Å². The standard InChI is InChI=1S/C13H22ClN3OS.HI/c1-2-3-4-5-8-16-13(15)17-9-10(18)11-6-7-12(14)19-11;/h6-7,10,18H,2-5,8-9H2,1H3,(H3,15,16,17);1H. The zero-order chi connectivity index (χ0) is 14.1. The lowest BCUT2D eigenvalue weighted by Crippen LogP contribution is -2.32. The molecule has 0 aliphatic rings. The van der Waals surface area contributed by atoms with E-state index in [1.807, 2.05) is 6.07 Å². The Morgan fingerprint density at radius 3 is 2.80 bits per heavy atom. The zero-order valence-corrected chi connectivity index (χ0v) is 15.5. The van der Waals surface area contributed by atoms with Crippen molar-refractivity contribution in [3.05, 3.63) is 21.3 Å². The third-order valence-corrected chi connectivity index (χ3v) is 4.03. The van der Waals surface area contributed by atoms with Crippen LogP contribution in [0.5, 0.6) is 0 Å². The van der Waals surface area contributed by atoms with Crippen molar-refractivity contribution < 1.29 is 5.11 Å². The first-order chi connectivity index (χ1) is 9.13. The van der Waals surface area contributed by atoms with Gasteiger partial charge in [-0.25, -0.2) is 0 Å². The molecule has 7 heteroatoms. The average Bonchev–Trinajstić information content (AvgIpc) is 2.82. The molecule has 0 aliphatic heterocycles. The maximum atomic E-state index is 9.89. The molecule has 4 nitrogen and oxygen atoms in total. The quantitative estimate of drug-likeness (QED) is 0.255. The fourth-order valence-corrected chi connectivity index (χ4v) is 2.64. The SMILES string of the molecule is CCCCCCNC(N)=NCC(O)c1ccc(Cl)s1.I. The van der Waals surface area contributed by atoms with Crippen molar-refractivity contribution in [1.82, 2.24) is 5.32 Å². The Kier molecular flexibility index (Phi) is 11.6. The van der Waals surface area contributed by atoms with Crippen LogP contribution >= 0.6 is 46.9 Å². The molecule has 0 saturated heterocycles. The van der Waals surface area contributed by atoms with Crippen molar-refractivity contribution in [2.24, 2.45) is 10.7 Å². The van der Waals surface area contributed by atoms with E-state index in [2.05, 4.69) is 17.2 Å². The van der Waals surface area contributed by atoms with Crippen LogP contribution < -0.4 is 11.1 Å². The average molecular weight is 432 g/mol. The van der Waals surface area contributed by atoms with Crippen molar-refractivity contribution in [2.75, 3.05) is 13.1 Å². The molecule has 0 bridgehead atoms. The van der Waals surface area contributed by atoms with Crippen LogP contribution in [0.2, 0.25) is 4.34 Å². The Morgan fingerprint density at radius 1 is 1.45 bits per heavy atom. The van der Waals surface area contributed by atoms with Gasteiger partial charge in [0, 0.05) is 11.4 Å². The minimum Gasteiger partial charge on any atom is -0.386 e. The molecule has 1 aromatic rings. The van der Waals surface area contributed by atoms with Crippen molar-refractivity contribution in [3.63, 3.8) is 0 Å². The van der Waals surface area contributed by atoms with Crippen molar-refractivity contribution in [1.29, 1.82) is 0 Å². The minimum absolute atomic E-state index is 0. The van der Waals surface area contributed by atoms with Crippen molar-refractivity contribution >= 4 is 52.9 Å². The summed E-state index contributed by atoms with van der Waals surface area (Å²) in [5.41, 5.74) is 5.73. The number of aliphatic imine (C=N–C) groups is 1. The Labute approximate surface area is 146 Å². The molecule has 4 N–H and O–H groups in total. The van der Waals surface area contributed by atoms with Gasteiger partial charge in [0.2, 0.25) is 0 Å². The van der Waals surface area contributed by atoms with Gasteiger partial charge >= 0.3 is 0 Å². The van der Waals surface area contributed by atoms with Crippen LogP contribution in [0, 0.1) is 0 Å². The van der Waals surface area contributed by atoms with Crippen LogP contribution in [0.1, 0.15) is 43.6 Å². The van der Waals surface area contributed by atoms with Crippen LogP contribution in [0.25, 0.3) is 0 Å². The van der Waals surface area contributed by atoms with Crippen LogP contribution in [-0.2, 0) is 0 Å². The number of nitrogens with two attached hydrogens (primary N) is 1. The smallest absolute Gasteiger partial charge is 0.188 e. The highest BCUT2D eigenvalue weighted by molar-refractivity contribution is 14.0. The predicted octanol–water partition coefficient (Wildman–Crippen LogP) is 3.54. The van der Waals surface area contributed by atoms with Gasteiger partial charge in [0.25, 0.3) is 0 Å².